The molecule has 2 atom stereocenters. The van der Waals surface area contributed by atoms with E-state index in [1.165, 1.54) is 77.0 Å². The number of hydrogen-bond acceptors (Lipinski definition) is 5. The summed E-state index contributed by atoms with van der Waals surface area (Å²) in [7, 11) is 0. The lowest BCUT2D eigenvalue weighted by Gasteiger charge is -2.18. The summed E-state index contributed by atoms with van der Waals surface area (Å²) in [5.41, 5.74) is 1.41. The van der Waals surface area contributed by atoms with Crippen molar-refractivity contribution in [2.24, 2.45) is 0 Å². The molecule has 0 bridgehead atoms. The third-order valence-corrected chi connectivity index (χ3v) is 5.37. The molecule has 0 heterocycles. The predicted molar refractivity (Wildman–Crippen MR) is 118 cm³/mol. The number of ether oxygens (including phenoxy) is 1. The van der Waals surface area contributed by atoms with Crippen LogP contribution >= 0.6 is 0 Å². The maximum atomic E-state index is 12.1. The van der Waals surface area contributed by atoms with Gasteiger partial charge in [-0.15, -0.1) is 0 Å². The second-order valence-corrected chi connectivity index (χ2v) is 8.37. The van der Waals surface area contributed by atoms with Gasteiger partial charge in [0.05, 0.1) is 6.61 Å². The van der Waals surface area contributed by atoms with Gasteiger partial charge < -0.3 is 20.1 Å². The van der Waals surface area contributed by atoms with Crippen LogP contribution in [0, 0.1) is 0 Å². The van der Waals surface area contributed by atoms with Crippen LogP contribution in [0.2, 0.25) is 0 Å². The Bertz CT molecular complexity index is 429. The van der Waals surface area contributed by atoms with Crippen LogP contribution < -0.4 is 0 Å². The minimum atomic E-state index is -1.70. The summed E-state index contributed by atoms with van der Waals surface area (Å²) in [4.78, 5) is 12.1. The second-order valence-electron chi connectivity index (χ2n) is 8.37. The van der Waals surface area contributed by atoms with Crippen LogP contribution in [-0.4, -0.2) is 40.3 Å². The van der Waals surface area contributed by atoms with Gasteiger partial charge in [0, 0.05) is 5.57 Å². The van der Waals surface area contributed by atoms with Gasteiger partial charge in [-0.25, -0.2) is 4.79 Å². The molecule has 0 rings (SSSR count). The number of aliphatic hydroxyl groups is 3. The average molecular weight is 415 g/mol. The normalized spacial score (nSPS) is 13.2. The van der Waals surface area contributed by atoms with Gasteiger partial charge in [0.1, 0.15) is 6.10 Å². The standard InChI is InChI=1S/C24H46O5/c1-4-5-6-7-8-9-10-11-12-13-14-15-16-17-18-21(20(2)3)23(27)29-24(28)22(26)19-25/h22,24-26,28H,4-19H2,1-3H3. The molecule has 0 saturated heterocycles. The van der Waals surface area contributed by atoms with Crippen molar-refractivity contribution in [3.05, 3.63) is 11.1 Å². The van der Waals surface area contributed by atoms with E-state index in [1.54, 1.807) is 0 Å². The van der Waals surface area contributed by atoms with Gasteiger partial charge in [-0.3, -0.25) is 0 Å². The number of aliphatic hydroxyl groups excluding tert-OH is 3. The first-order valence-electron chi connectivity index (χ1n) is 11.8. The fourth-order valence-electron chi connectivity index (χ4n) is 3.40. The van der Waals surface area contributed by atoms with E-state index in [1.807, 2.05) is 13.8 Å². The van der Waals surface area contributed by atoms with Crippen LogP contribution in [0.4, 0.5) is 0 Å². The maximum Gasteiger partial charge on any atom is 0.336 e. The number of esters is 1. The number of carbonyl (C=O) groups excluding carboxylic acids is 1. The molecule has 0 aliphatic rings. The lowest BCUT2D eigenvalue weighted by molar-refractivity contribution is -0.186. The molecule has 0 aliphatic carbocycles. The van der Waals surface area contributed by atoms with E-state index in [0.29, 0.717) is 12.0 Å². The van der Waals surface area contributed by atoms with Gasteiger partial charge in [-0.1, -0.05) is 96.0 Å². The summed E-state index contributed by atoms with van der Waals surface area (Å²) in [6.45, 7) is 5.29. The quantitative estimate of drug-likeness (QED) is 0.114. The fraction of sp³-hybridized carbons (Fsp3) is 0.875. The SMILES string of the molecule is CCCCCCCCCCCCCCCCC(C(=O)OC(O)C(O)CO)=C(C)C. The van der Waals surface area contributed by atoms with Gasteiger partial charge in [0.2, 0.25) is 6.29 Å². The molecule has 0 fully saturated rings. The topological polar surface area (TPSA) is 87.0 Å². The molecule has 0 aromatic rings. The van der Waals surface area contributed by atoms with Crippen molar-refractivity contribution in [2.75, 3.05) is 6.61 Å². The van der Waals surface area contributed by atoms with Crippen molar-refractivity contribution in [2.45, 2.75) is 129 Å². The Balaban J connectivity index is 3.73. The zero-order chi connectivity index (χ0) is 21.9. The van der Waals surface area contributed by atoms with Crippen molar-refractivity contribution >= 4 is 5.97 Å². The van der Waals surface area contributed by atoms with Crippen molar-refractivity contribution in [3.8, 4) is 0 Å². The summed E-state index contributed by atoms with van der Waals surface area (Å²) < 4.78 is 4.84. The van der Waals surface area contributed by atoms with Crippen LogP contribution in [-0.2, 0) is 9.53 Å². The highest BCUT2D eigenvalue weighted by atomic mass is 16.6. The van der Waals surface area contributed by atoms with Gasteiger partial charge in [0.15, 0.2) is 0 Å². The van der Waals surface area contributed by atoms with E-state index in [4.69, 9.17) is 9.84 Å². The van der Waals surface area contributed by atoms with Gasteiger partial charge in [-0.2, -0.15) is 0 Å². The van der Waals surface area contributed by atoms with E-state index >= 15 is 0 Å². The van der Waals surface area contributed by atoms with E-state index in [0.717, 1.165) is 18.4 Å². The molecule has 2 unspecified atom stereocenters. The minimum Gasteiger partial charge on any atom is -0.430 e. The molecular formula is C24H46O5. The number of carbonyl (C=O) groups is 1. The van der Waals surface area contributed by atoms with Crippen LogP contribution in [0.15, 0.2) is 11.1 Å². The predicted octanol–water partition coefficient (Wildman–Crippen LogP) is 5.41. The Morgan fingerprint density at radius 1 is 0.759 bits per heavy atom. The van der Waals surface area contributed by atoms with Crippen molar-refractivity contribution < 1.29 is 24.9 Å². The molecule has 0 aliphatic heterocycles. The van der Waals surface area contributed by atoms with Gasteiger partial charge >= 0.3 is 5.97 Å². The first-order valence-corrected chi connectivity index (χ1v) is 11.8. The molecule has 29 heavy (non-hydrogen) atoms. The zero-order valence-electron chi connectivity index (χ0n) is 19.1. The second kappa shape index (κ2) is 19.1. The molecule has 0 saturated carbocycles. The Hall–Kier alpha value is -0.910. The summed E-state index contributed by atoms with van der Waals surface area (Å²) in [5, 5.41) is 27.6. The summed E-state index contributed by atoms with van der Waals surface area (Å²) in [6, 6.07) is 0. The van der Waals surface area contributed by atoms with Crippen LogP contribution in [0.1, 0.15) is 117 Å². The van der Waals surface area contributed by atoms with E-state index < -0.39 is 25.0 Å². The smallest absolute Gasteiger partial charge is 0.336 e. The third-order valence-electron chi connectivity index (χ3n) is 5.37. The van der Waals surface area contributed by atoms with Gasteiger partial charge in [0.25, 0.3) is 0 Å². The first-order chi connectivity index (χ1) is 13.9. The number of hydrogen-bond donors (Lipinski definition) is 3. The zero-order valence-corrected chi connectivity index (χ0v) is 19.1. The molecule has 0 radical (unpaired) electrons. The van der Waals surface area contributed by atoms with E-state index in [2.05, 4.69) is 6.92 Å². The molecule has 5 heteroatoms. The molecule has 3 N–H and O–H groups in total. The fourth-order valence-corrected chi connectivity index (χ4v) is 3.40. The molecule has 0 spiro atoms. The molecule has 0 aromatic carbocycles. The monoisotopic (exact) mass is 414 g/mol. The van der Waals surface area contributed by atoms with Crippen molar-refractivity contribution in [3.63, 3.8) is 0 Å². The minimum absolute atomic E-state index is 0.549. The highest BCUT2D eigenvalue weighted by Gasteiger charge is 2.22. The lowest BCUT2D eigenvalue weighted by atomic mass is 10.0. The molecule has 0 aromatic heterocycles. The van der Waals surface area contributed by atoms with Gasteiger partial charge in [-0.05, 0) is 26.7 Å². The summed E-state index contributed by atoms with van der Waals surface area (Å²) >= 11 is 0. The van der Waals surface area contributed by atoms with Crippen molar-refractivity contribution in [1.29, 1.82) is 0 Å². The Kier molecular flexibility index (Phi) is 18.5. The average Bonchev–Trinajstić information content (AvgIpc) is 2.69. The number of rotatable bonds is 19. The molecular weight excluding hydrogens is 368 g/mol. The van der Waals surface area contributed by atoms with E-state index in [-0.39, 0.29) is 0 Å². The molecule has 172 valence electrons. The highest BCUT2D eigenvalue weighted by Crippen LogP contribution is 2.18. The largest absolute Gasteiger partial charge is 0.430 e. The lowest BCUT2D eigenvalue weighted by Crippen LogP contribution is -2.34. The molecule has 5 nitrogen and oxygen atoms in total. The van der Waals surface area contributed by atoms with E-state index in [9.17, 15) is 15.0 Å². The maximum absolute atomic E-state index is 12.1. The Morgan fingerprint density at radius 2 is 1.17 bits per heavy atom. The Morgan fingerprint density at radius 3 is 1.55 bits per heavy atom. The molecule has 0 amide bonds. The first kappa shape index (κ1) is 28.1. The Labute approximate surface area is 178 Å². The highest BCUT2D eigenvalue weighted by molar-refractivity contribution is 5.89. The third kappa shape index (κ3) is 15.6. The summed E-state index contributed by atoms with van der Waals surface area (Å²) in [6.07, 6.45) is 15.4. The van der Waals surface area contributed by atoms with Crippen LogP contribution in [0.3, 0.4) is 0 Å². The van der Waals surface area contributed by atoms with Crippen LogP contribution in [0.5, 0.6) is 0 Å². The summed E-state index contributed by atoms with van der Waals surface area (Å²) in [5.74, 6) is -0.611. The van der Waals surface area contributed by atoms with Crippen molar-refractivity contribution in [1.82, 2.24) is 0 Å². The number of unbranched alkanes of at least 4 members (excludes halogenated alkanes) is 13. The number of allylic oxidation sites excluding steroid dienone is 1. The van der Waals surface area contributed by atoms with Crippen LogP contribution in [0.25, 0.3) is 0 Å².